The van der Waals surface area contributed by atoms with Gasteiger partial charge in [-0.05, 0) is 89.9 Å². The third kappa shape index (κ3) is 6.06. The lowest BCUT2D eigenvalue weighted by atomic mass is 10.0. The van der Waals surface area contributed by atoms with Gasteiger partial charge in [0.25, 0.3) is 0 Å². The van der Waals surface area contributed by atoms with Gasteiger partial charge in [-0.25, -0.2) is 14.8 Å². The van der Waals surface area contributed by atoms with Crippen molar-refractivity contribution in [3.63, 3.8) is 0 Å². The van der Waals surface area contributed by atoms with Crippen molar-refractivity contribution >= 4 is 52.3 Å². The highest BCUT2D eigenvalue weighted by Crippen LogP contribution is 2.38. The Bertz CT molecular complexity index is 2770. The number of carbonyl (C=O) groups is 1. The summed E-state index contributed by atoms with van der Waals surface area (Å²) < 4.78 is 5.53. The van der Waals surface area contributed by atoms with Gasteiger partial charge < -0.3 is 14.7 Å². The van der Waals surface area contributed by atoms with Gasteiger partial charge >= 0.3 is 5.97 Å². The summed E-state index contributed by atoms with van der Waals surface area (Å²) in [5.74, 6) is -0.0229. The second kappa shape index (κ2) is 13.7. The highest BCUT2D eigenvalue weighted by atomic mass is 16.5. The molecule has 0 amide bonds. The molecule has 0 saturated heterocycles. The van der Waals surface area contributed by atoms with E-state index in [-0.39, 0.29) is 0 Å². The number of aromatic nitrogens is 4. The Kier molecular flexibility index (Phi) is 8.25. The summed E-state index contributed by atoms with van der Waals surface area (Å²) in [5.41, 5.74) is 15.3. The molecule has 2 N–H and O–H groups in total. The SMILES string of the molecule is C=C(C)C(=O)Oc1ccc(-c2c3nc(c(-c4ccccc4)c4ccc([nH]4)c(-c4ccccc4)c4nc(c(-c5ccccc5)c5ccc2[nH]5)C=C4)C=C3)cc1. The summed E-state index contributed by atoms with van der Waals surface area (Å²) >= 11 is 0. The van der Waals surface area contributed by atoms with Crippen LogP contribution in [-0.4, -0.2) is 25.9 Å². The fourth-order valence-electron chi connectivity index (χ4n) is 7.12. The van der Waals surface area contributed by atoms with E-state index in [0.717, 1.165) is 89.4 Å². The first-order valence-corrected chi connectivity index (χ1v) is 17.8. The average Bonchev–Trinajstić information content (AvgIpc) is 4.05. The lowest BCUT2D eigenvalue weighted by molar-refractivity contribution is -0.130. The first-order chi connectivity index (χ1) is 26.5. The van der Waals surface area contributed by atoms with Gasteiger partial charge in [-0.1, -0.05) is 110 Å². The van der Waals surface area contributed by atoms with E-state index >= 15 is 0 Å². The number of aromatic amines is 2. The molecule has 6 nitrogen and oxygen atoms in total. The van der Waals surface area contributed by atoms with Gasteiger partial charge in [0.15, 0.2) is 0 Å². The summed E-state index contributed by atoms with van der Waals surface area (Å²) in [6.45, 7) is 5.35. The zero-order valence-electron chi connectivity index (χ0n) is 29.5. The van der Waals surface area contributed by atoms with Crippen LogP contribution in [0.3, 0.4) is 0 Å². The smallest absolute Gasteiger partial charge is 0.338 e. The van der Waals surface area contributed by atoms with Gasteiger partial charge in [0.05, 0.1) is 22.8 Å². The predicted octanol–water partition coefficient (Wildman–Crippen LogP) is 11.8. The summed E-state index contributed by atoms with van der Waals surface area (Å²) in [4.78, 5) is 30.5. The molecule has 8 bridgehead atoms. The van der Waals surface area contributed by atoms with Gasteiger partial charge in [0.2, 0.25) is 0 Å². The number of hydrogen-bond donors (Lipinski definition) is 2. The number of nitrogens with zero attached hydrogens (tertiary/aromatic N) is 2. The Labute approximate surface area is 312 Å². The minimum Gasteiger partial charge on any atom is -0.423 e. The summed E-state index contributed by atoms with van der Waals surface area (Å²) in [5, 5.41) is 0. The number of ether oxygens (including phenoxy) is 1. The molecule has 9 rings (SSSR count). The number of esters is 1. The van der Waals surface area contributed by atoms with E-state index in [1.54, 1.807) is 19.1 Å². The third-order valence-electron chi connectivity index (χ3n) is 9.64. The Hall–Kier alpha value is -7.31. The molecule has 0 radical (unpaired) electrons. The normalized spacial score (nSPS) is 11.8. The van der Waals surface area contributed by atoms with Crippen LogP contribution < -0.4 is 4.74 Å². The Morgan fingerprint density at radius 1 is 0.463 bits per heavy atom. The van der Waals surface area contributed by atoms with Gasteiger partial charge in [-0.3, -0.25) is 0 Å². The van der Waals surface area contributed by atoms with E-state index in [9.17, 15) is 4.79 Å². The van der Waals surface area contributed by atoms with Crippen LogP contribution in [0.5, 0.6) is 5.75 Å². The van der Waals surface area contributed by atoms with Gasteiger partial charge in [-0.15, -0.1) is 0 Å². The number of carbonyl (C=O) groups excluding carboxylic acids is 1. The molecule has 0 spiro atoms. The van der Waals surface area contributed by atoms with Gasteiger partial charge in [0.1, 0.15) is 5.75 Å². The van der Waals surface area contributed by atoms with Crippen molar-refractivity contribution in [3.05, 3.63) is 174 Å². The molecule has 2 aliphatic rings. The largest absolute Gasteiger partial charge is 0.423 e. The van der Waals surface area contributed by atoms with Crippen molar-refractivity contribution in [1.29, 1.82) is 0 Å². The molecule has 0 unspecified atom stereocenters. The van der Waals surface area contributed by atoms with E-state index in [0.29, 0.717) is 11.3 Å². The maximum absolute atomic E-state index is 12.3. The average molecular weight is 699 g/mol. The highest BCUT2D eigenvalue weighted by Gasteiger charge is 2.19. The fraction of sp³-hybridized carbons (Fsp3) is 0.0208. The van der Waals surface area contributed by atoms with Crippen molar-refractivity contribution in [2.24, 2.45) is 0 Å². The first kappa shape index (κ1) is 32.6. The summed E-state index contributed by atoms with van der Waals surface area (Å²) in [6, 6.07) is 47.1. The monoisotopic (exact) mass is 698 g/mol. The number of nitrogens with one attached hydrogen (secondary N) is 2. The quantitative estimate of drug-likeness (QED) is 0.103. The number of benzene rings is 4. The van der Waals surface area contributed by atoms with Crippen LogP contribution >= 0.6 is 0 Å². The van der Waals surface area contributed by atoms with Crippen molar-refractivity contribution in [1.82, 2.24) is 19.9 Å². The van der Waals surface area contributed by atoms with Crippen LogP contribution in [-0.2, 0) is 4.79 Å². The third-order valence-corrected chi connectivity index (χ3v) is 9.64. The van der Waals surface area contributed by atoms with E-state index < -0.39 is 5.97 Å². The lowest BCUT2D eigenvalue weighted by Crippen LogP contribution is -2.07. The Morgan fingerprint density at radius 2 is 0.778 bits per heavy atom. The molecule has 5 heterocycles. The maximum Gasteiger partial charge on any atom is 0.338 e. The molecule has 0 atom stereocenters. The van der Waals surface area contributed by atoms with Gasteiger partial charge in [-0.2, -0.15) is 0 Å². The lowest BCUT2D eigenvalue weighted by Gasteiger charge is -2.08. The van der Waals surface area contributed by atoms with E-state index in [1.165, 1.54) is 0 Å². The van der Waals surface area contributed by atoms with Gasteiger partial charge in [0, 0.05) is 49.9 Å². The zero-order chi connectivity index (χ0) is 36.6. The second-order valence-electron chi connectivity index (χ2n) is 13.3. The van der Waals surface area contributed by atoms with Crippen LogP contribution in [0.4, 0.5) is 0 Å². The molecule has 6 heteroatoms. The zero-order valence-corrected chi connectivity index (χ0v) is 29.5. The van der Waals surface area contributed by atoms with Crippen LogP contribution in [0.1, 0.15) is 29.7 Å². The molecule has 0 fully saturated rings. The molecular formula is C48H34N4O2. The maximum atomic E-state index is 12.3. The van der Waals surface area contributed by atoms with Crippen LogP contribution in [0.25, 0.3) is 90.9 Å². The Morgan fingerprint density at radius 3 is 1.09 bits per heavy atom. The fourth-order valence-corrected chi connectivity index (χ4v) is 7.12. The molecule has 2 aliphatic heterocycles. The van der Waals surface area contributed by atoms with Crippen molar-refractivity contribution in [2.45, 2.75) is 6.92 Å². The molecule has 54 heavy (non-hydrogen) atoms. The molecule has 3 aromatic heterocycles. The number of H-pyrrole nitrogens is 2. The topological polar surface area (TPSA) is 83.7 Å². The Balaban J connectivity index is 1.41. The standard InChI is InChI=1S/C48H34N4O2/c1-30(2)48(53)54-35-20-18-34(19-21-35)47-42-28-26-40(51-42)45(32-14-8-4-9-15-32)38-24-22-36(49-38)44(31-12-6-3-7-13-31)37-23-25-39(50-37)46(33-16-10-5-11-17-33)41-27-29-43(47)52-41/h3-29,49,52H,1H2,2H3. The number of hydrogen-bond acceptors (Lipinski definition) is 4. The van der Waals surface area contributed by atoms with Crippen LogP contribution in [0.2, 0.25) is 0 Å². The van der Waals surface area contributed by atoms with Crippen molar-refractivity contribution < 1.29 is 9.53 Å². The molecule has 7 aromatic rings. The first-order valence-electron chi connectivity index (χ1n) is 17.8. The van der Waals surface area contributed by atoms with E-state index in [2.05, 4.69) is 114 Å². The van der Waals surface area contributed by atoms with Crippen molar-refractivity contribution in [2.75, 3.05) is 0 Å². The summed E-state index contributed by atoms with van der Waals surface area (Å²) in [6.07, 6.45) is 8.36. The van der Waals surface area contributed by atoms with Crippen LogP contribution in [0.15, 0.2) is 152 Å². The van der Waals surface area contributed by atoms with E-state index in [4.69, 9.17) is 14.7 Å². The number of rotatable bonds is 6. The van der Waals surface area contributed by atoms with Crippen molar-refractivity contribution in [3.8, 4) is 50.3 Å². The molecule has 0 aliphatic carbocycles. The second-order valence-corrected chi connectivity index (χ2v) is 13.3. The van der Waals surface area contributed by atoms with E-state index in [1.807, 2.05) is 54.6 Å². The molecular weight excluding hydrogens is 665 g/mol. The molecule has 4 aromatic carbocycles. The predicted molar refractivity (Wildman–Crippen MR) is 221 cm³/mol. The minimum absolute atomic E-state index is 0.337. The molecule has 258 valence electrons. The minimum atomic E-state index is -0.463. The van der Waals surface area contributed by atoms with Crippen LogP contribution in [0, 0.1) is 0 Å². The highest BCUT2D eigenvalue weighted by molar-refractivity contribution is 6.00. The molecule has 0 saturated carbocycles. The summed E-state index contributed by atoms with van der Waals surface area (Å²) in [7, 11) is 0. The number of fused-ring (bicyclic) bond motifs is 8.